The minimum atomic E-state index is 0.140. The Hall–Kier alpha value is -1.90. The Morgan fingerprint density at radius 3 is 2.38 bits per heavy atom. The number of carbonyl (C=O) groups excluding carboxylic acids is 1. The highest BCUT2D eigenvalue weighted by atomic mass is 16.1. The summed E-state index contributed by atoms with van der Waals surface area (Å²) in [6.07, 6.45) is 1.30. The average molecular weight is 284 g/mol. The van der Waals surface area contributed by atoms with Gasteiger partial charge in [0.1, 0.15) is 5.69 Å². The van der Waals surface area contributed by atoms with Gasteiger partial charge in [0.05, 0.1) is 5.69 Å². The molecule has 0 saturated carbocycles. The van der Waals surface area contributed by atoms with E-state index in [4.69, 9.17) is 0 Å². The molecule has 0 aliphatic carbocycles. The maximum absolute atomic E-state index is 12.5. The van der Waals surface area contributed by atoms with Crippen LogP contribution in [0.4, 0.5) is 0 Å². The van der Waals surface area contributed by atoms with Crippen LogP contribution < -0.4 is 0 Å². The molecule has 2 aromatic rings. The molecule has 1 heterocycles. The first-order valence-corrected chi connectivity index (χ1v) is 7.73. The van der Waals surface area contributed by atoms with E-state index in [9.17, 15) is 4.79 Å². The van der Waals surface area contributed by atoms with Crippen LogP contribution in [0.2, 0.25) is 0 Å². The van der Waals surface area contributed by atoms with Gasteiger partial charge in [0.15, 0.2) is 5.78 Å². The Labute approximate surface area is 127 Å². The van der Waals surface area contributed by atoms with Gasteiger partial charge in [-0.3, -0.25) is 9.48 Å². The van der Waals surface area contributed by atoms with Crippen LogP contribution >= 0.6 is 0 Å². The van der Waals surface area contributed by atoms with Gasteiger partial charge in [-0.15, -0.1) is 0 Å². The first-order chi connectivity index (χ1) is 10.0. The van der Waals surface area contributed by atoms with Gasteiger partial charge < -0.3 is 0 Å². The standard InChI is InChI=1S/C18H24N2O/c1-5-16-12-17(20(6-2)19-16)18(21)11-14-7-9-15(10-8-14)13(3)4/h7-10,12-13H,5-6,11H2,1-4H3. The zero-order valence-electron chi connectivity index (χ0n) is 13.4. The predicted molar refractivity (Wildman–Crippen MR) is 85.8 cm³/mol. The van der Waals surface area contributed by atoms with Crippen molar-refractivity contribution in [1.29, 1.82) is 0 Å². The molecule has 0 aliphatic heterocycles. The van der Waals surface area contributed by atoms with Gasteiger partial charge in [-0.25, -0.2) is 0 Å². The Kier molecular flexibility index (Phi) is 4.94. The summed E-state index contributed by atoms with van der Waals surface area (Å²) in [7, 11) is 0. The second-order valence-corrected chi connectivity index (χ2v) is 5.69. The quantitative estimate of drug-likeness (QED) is 0.751. The topological polar surface area (TPSA) is 34.9 Å². The van der Waals surface area contributed by atoms with Crippen molar-refractivity contribution in [2.75, 3.05) is 0 Å². The van der Waals surface area contributed by atoms with E-state index in [0.29, 0.717) is 12.3 Å². The molecule has 0 aliphatic rings. The fraction of sp³-hybridized carbons (Fsp3) is 0.444. The number of benzene rings is 1. The number of ketones is 1. The lowest BCUT2D eigenvalue weighted by atomic mass is 9.99. The van der Waals surface area contributed by atoms with Crippen molar-refractivity contribution in [3.63, 3.8) is 0 Å². The summed E-state index contributed by atoms with van der Waals surface area (Å²) in [6, 6.07) is 10.3. The largest absolute Gasteiger partial charge is 0.292 e. The summed E-state index contributed by atoms with van der Waals surface area (Å²) in [4.78, 5) is 12.5. The Bertz CT molecular complexity index is 609. The van der Waals surface area contributed by atoms with E-state index >= 15 is 0 Å². The number of aryl methyl sites for hydroxylation is 2. The van der Waals surface area contributed by atoms with Crippen molar-refractivity contribution in [1.82, 2.24) is 9.78 Å². The summed E-state index contributed by atoms with van der Waals surface area (Å²) in [5, 5.41) is 4.44. The van der Waals surface area contributed by atoms with Crippen LogP contribution in [0, 0.1) is 0 Å². The molecular weight excluding hydrogens is 260 g/mol. The molecular formula is C18H24N2O. The van der Waals surface area contributed by atoms with Crippen molar-refractivity contribution in [3.05, 3.63) is 52.8 Å². The number of carbonyl (C=O) groups is 1. The van der Waals surface area contributed by atoms with Crippen LogP contribution in [0.25, 0.3) is 0 Å². The fourth-order valence-corrected chi connectivity index (χ4v) is 2.40. The zero-order valence-corrected chi connectivity index (χ0v) is 13.4. The second-order valence-electron chi connectivity index (χ2n) is 5.69. The molecule has 0 atom stereocenters. The maximum atomic E-state index is 12.5. The van der Waals surface area contributed by atoms with E-state index in [1.165, 1.54) is 5.56 Å². The third-order valence-corrected chi connectivity index (χ3v) is 3.79. The molecule has 112 valence electrons. The molecule has 0 saturated heterocycles. The smallest absolute Gasteiger partial charge is 0.185 e. The van der Waals surface area contributed by atoms with Crippen molar-refractivity contribution < 1.29 is 4.79 Å². The van der Waals surface area contributed by atoms with Crippen molar-refractivity contribution in [3.8, 4) is 0 Å². The second kappa shape index (κ2) is 6.70. The SMILES string of the molecule is CCc1cc(C(=O)Cc2ccc(C(C)C)cc2)n(CC)n1. The lowest BCUT2D eigenvalue weighted by Gasteiger charge is -2.07. The van der Waals surface area contributed by atoms with Gasteiger partial charge in [-0.2, -0.15) is 5.10 Å². The number of Topliss-reactive ketones (excluding diaryl/α,β-unsaturated/α-hetero) is 1. The minimum absolute atomic E-state index is 0.140. The Morgan fingerprint density at radius 2 is 1.86 bits per heavy atom. The van der Waals surface area contributed by atoms with E-state index in [1.54, 1.807) is 0 Å². The van der Waals surface area contributed by atoms with Gasteiger partial charge in [-0.1, -0.05) is 45.0 Å². The normalized spacial score (nSPS) is 11.1. The van der Waals surface area contributed by atoms with Crippen molar-refractivity contribution in [2.24, 2.45) is 0 Å². The van der Waals surface area contributed by atoms with E-state index in [0.717, 1.165) is 29.9 Å². The summed E-state index contributed by atoms with van der Waals surface area (Å²) < 4.78 is 1.81. The average Bonchev–Trinajstić information content (AvgIpc) is 2.91. The number of aromatic nitrogens is 2. The molecule has 0 amide bonds. The number of nitrogens with zero attached hydrogens (tertiary/aromatic N) is 2. The van der Waals surface area contributed by atoms with Crippen LogP contribution in [0.5, 0.6) is 0 Å². The predicted octanol–water partition coefficient (Wildman–Crippen LogP) is 4.01. The molecule has 0 spiro atoms. The zero-order chi connectivity index (χ0) is 15.4. The number of rotatable bonds is 6. The highest BCUT2D eigenvalue weighted by Gasteiger charge is 2.14. The molecule has 21 heavy (non-hydrogen) atoms. The van der Waals surface area contributed by atoms with Crippen LogP contribution in [0.15, 0.2) is 30.3 Å². The molecule has 3 nitrogen and oxygen atoms in total. The third kappa shape index (κ3) is 3.60. The van der Waals surface area contributed by atoms with Crippen molar-refractivity contribution in [2.45, 2.75) is 53.0 Å². The third-order valence-electron chi connectivity index (χ3n) is 3.79. The molecule has 0 bridgehead atoms. The molecule has 2 rings (SSSR count). The first-order valence-electron chi connectivity index (χ1n) is 7.73. The maximum Gasteiger partial charge on any atom is 0.185 e. The highest BCUT2D eigenvalue weighted by Crippen LogP contribution is 2.16. The number of hydrogen-bond acceptors (Lipinski definition) is 2. The van der Waals surface area contributed by atoms with Gasteiger partial charge in [0.25, 0.3) is 0 Å². The summed E-state index contributed by atoms with van der Waals surface area (Å²) in [5.74, 6) is 0.657. The molecule has 0 fully saturated rings. The molecule has 0 unspecified atom stereocenters. The Morgan fingerprint density at radius 1 is 1.19 bits per heavy atom. The first kappa shape index (κ1) is 15.5. The molecule has 0 N–H and O–H groups in total. The van der Waals surface area contributed by atoms with Crippen LogP contribution in [-0.2, 0) is 19.4 Å². The summed E-state index contributed by atoms with van der Waals surface area (Å²) >= 11 is 0. The van der Waals surface area contributed by atoms with Crippen LogP contribution in [0.3, 0.4) is 0 Å². The fourth-order valence-electron chi connectivity index (χ4n) is 2.40. The lowest BCUT2D eigenvalue weighted by Crippen LogP contribution is -2.11. The molecule has 0 radical (unpaired) electrons. The van der Waals surface area contributed by atoms with Gasteiger partial charge >= 0.3 is 0 Å². The molecule has 3 heteroatoms. The summed E-state index contributed by atoms with van der Waals surface area (Å²) in [6.45, 7) is 9.15. The van der Waals surface area contributed by atoms with E-state index in [-0.39, 0.29) is 5.78 Å². The van der Waals surface area contributed by atoms with Gasteiger partial charge in [-0.05, 0) is 36.5 Å². The van der Waals surface area contributed by atoms with Crippen LogP contribution in [-0.4, -0.2) is 15.6 Å². The van der Waals surface area contributed by atoms with E-state index in [1.807, 2.05) is 17.7 Å². The van der Waals surface area contributed by atoms with Crippen molar-refractivity contribution >= 4 is 5.78 Å². The number of hydrogen-bond donors (Lipinski definition) is 0. The monoisotopic (exact) mass is 284 g/mol. The minimum Gasteiger partial charge on any atom is -0.292 e. The van der Waals surface area contributed by atoms with E-state index in [2.05, 4.69) is 50.1 Å². The van der Waals surface area contributed by atoms with Crippen LogP contribution in [0.1, 0.15) is 60.9 Å². The van der Waals surface area contributed by atoms with Gasteiger partial charge in [0, 0.05) is 13.0 Å². The highest BCUT2D eigenvalue weighted by molar-refractivity contribution is 5.96. The summed E-state index contributed by atoms with van der Waals surface area (Å²) in [5.41, 5.74) is 4.07. The van der Waals surface area contributed by atoms with Gasteiger partial charge in [0.2, 0.25) is 0 Å². The Balaban J connectivity index is 2.15. The molecule has 1 aromatic heterocycles. The lowest BCUT2D eigenvalue weighted by molar-refractivity contribution is 0.0983. The van der Waals surface area contributed by atoms with E-state index < -0.39 is 0 Å². The molecule has 1 aromatic carbocycles.